The molecule has 0 bridgehead atoms. The highest BCUT2D eigenvalue weighted by atomic mass is 16.4. The number of nitrogens with zero attached hydrogens (tertiary/aromatic N) is 4. The number of amidine groups is 1. The minimum absolute atomic E-state index is 0.0606. The van der Waals surface area contributed by atoms with E-state index in [0.717, 1.165) is 0 Å². The number of pyridine rings is 1. The van der Waals surface area contributed by atoms with Crippen LogP contribution in [0.3, 0.4) is 0 Å². The van der Waals surface area contributed by atoms with E-state index in [0.29, 0.717) is 11.2 Å². The van der Waals surface area contributed by atoms with Crippen molar-refractivity contribution in [2.75, 3.05) is 0 Å². The average Bonchev–Trinajstić information content (AvgIpc) is 2.63. The molecule has 2 aromatic heterocycles. The second kappa shape index (κ2) is 2.74. The van der Waals surface area contributed by atoms with Gasteiger partial charge in [-0.05, 0) is 12.1 Å². The average molecular weight is 177 g/mol. The highest BCUT2D eigenvalue weighted by Crippen LogP contribution is 2.03. The van der Waals surface area contributed by atoms with E-state index in [-0.39, 0.29) is 5.84 Å². The highest BCUT2D eigenvalue weighted by Gasteiger charge is 2.01. The highest BCUT2D eigenvalue weighted by molar-refractivity contribution is 5.97. The minimum Gasteiger partial charge on any atom is -0.409 e. The molecule has 0 aliphatic carbocycles. The predicted octanol–water partition coefficient (Wildman–Crippen LogP) is -0.176. The van der Waals surface area contributed by atoms with Crippen LogP contribution in [0.15, 0.2) is 29.8 Å². The Kier molecular flexibility index (Phi) is 1.59. The molecule has 66 valence electrons. The summed E-state index contributed by atoms with van der Waals surface area (Å²) in [4.78, 5) is 0. The van der Waals surface area contributed by atoms with Crippen molar-refractivity contribution in [3.8, 4) is 0 Å². The van der Waals surface area contributed by atoms with Gasteiger partial charge in [-0.25, -0.2) is 0 Å². The molecular formula is C7H7N5O. The third-order valence-electron chi connectivity index (χ3n) is 1.70. The number of hydrogen-bond acceptors (Lipinski definition) is 4. The molecule has 2 aromatic rings. The van der Waals surface area contributed by atoms with Gasteiger partial charge in [-0.2, -0.15) is 0 Å². The zero-order valence-corrected chi connectivity index (χ0v) is 6.62. The number of aromatic nitrogens is 3. The van der Waals surface area contributed by atoms with Crippen molar-refractivity contribution in [1.29, 1.82) is 0 Å². The lowest BCUT2D eigenvalue weighted by Crippen LogP contribution is -2.13. The SMILES string of the molecule is N/C(=N/O)c1ccn2cnnc2c1. The first-order chi connectivity index (χ1) is 6.31. The van der Waals surface area contributed by atoms with Gasteiger partial charge < -0.3 is 10.9 Å². The summed E-state index contributed by atoms with van der Waals surface area (Å²) in [6.07, 6.45) is 3.31. The molecule has 0 aliphatic heterocycles. The maximum atomic E-state index is 8.43. The van der Waals surface area contributed by atoms with Crippen LogP contribution in [0.4, 0.5) is 0 Å². The lowest BCUT2D eigenvalue weighted by molar-refractivity contribution is 0.318. The van der Waals surface area contributed by atoms with Crippen molar-refractivity contribution in [3.05, 3.63) is 30.2 Å². The smallest absolute Gasteiger partial charge is 0.170 e. The Morgan fingerprint density at radius 2 is 2.46 bits per heavy atom. The molecule has 0 aliphatic rings. The van der Waals surface area contributed by atoms with E-state index in [2.05, 4.69) is 15.4 Å². The Balaban J connectivity index is 2.60. The zero-order valence-electron chi connectivity index (χ0n) is 6.62. The van der Waals surface area contributed by atoms with Gasteiger partial charge in [-0.1, -0.05) is 5.16 Å². The third-order valence-corrected chi connectivity index (χ3v) is 1.70. The monoisotopic (exact) mass is 177 g/mol. The second-order valence-electron chi connectivity index (χ2n) is 2.50. The van der Waals surface area contributed by atoms with Crippen LogP contribution in [0, 0.1) is 0 Å². The maximum absolute atomic E-state index is 8.43. The van der Waals surface area contributed by atoms with Crippen LogP contribution >= 0.6 is 0 Å². The van der Waals surface area contributed by atoms with Crippen molar-refractivity contribution in [1.82, 2.24) is 14.6 Å². The van der Waals surface area contributed by atoms with Gasteiger partial charge in [0, 0.05) is 11.8 Å². The Morgan fingerprint density at radius 3 is 3.23 bits per heavy atom. The topological polar surface area (TPSA) is 88.8 Å². The molecule has 0 spiro atoms. The van der Waals surface area contributed by atoms with Crippen LogP contribution in [0.1, 0.15) is 5.56 Å². The summed E-state index contributed by atoms with van der Waals surface area (Å²) in [6, 6.07) is 3.40. The fourth-order valence-electron chi connectivity index (χ4n) is 1.03. The van der Waals surface area contributed by atoms with Crippen molar-refractivity contribution >= 4 is 11.5 Å². The molecule has 0 amide bonds. The lowest BCUT2D eigenvalue weighted by Gasteiger charge is -1.97. The molecule has 6 heteroatoms. The number of oxime groups is 1. The van der Waals surface area contributed by atoms with Crippen molar-refractivity contribution in [2.24, 2.45) is 10.9 Å². The summed E-state index contributed by atoms with van der Waals surface area (Å²) in [7, 11) is 0. The molecule has 0 atom stereocenters. The molecule has 2 rings (SSSR count). The predicted molar refractivity (Wildman–Crippen MR) is 45.5 cm³/mol. The fourth-order valence-corrected chi connectivity index (χ4v) is 1.03. The van der Waals surface area contributed by atoms with Crippen LogP contribution in [0.25, 0.3) is 5.65 Å². The third kappa shape index (κ3) is 1.18. The van der Waals surface area contributed by atoms with Gasteiger partial charge in [0.25, 0.3) is 0 Å². The molecule has 13 heavy (non-hydrogen) atoms. The fraction of sp³-hybridized carbons (Fsp3) is 0. The van der Waals surface area contributed by atoms with Crippen molar-refractivity contribution in [2.45, 2.75) is 0 Å². The molecule has 3 N–H and O–H groups in total. The van der Waals surface area contributed by atoms with Gasteiger partial charge in [0.15, 0.2) is 11.5 Å². The summed E-state index contributed by atoms with van der Waals surface area (Å²) in [5, 5.41) is 18.8. The van der Waals surface area contributed by atoms with Crippen LogP contribution < -0.4 is 5.73 Å². The van der Waals surface area contributed by atoms with Crippen molar-refractivity contribution in [3.63, 3.8) is 0 Å². The Morgan fingerprint density at radius 1 is 1.62 bits per heavy atom. The lowest BCUT2D eigenvalue weighted by atomic mass is 10.2. The molecule has 0 aromatic carbocycles. The first-order valence-electron chi connectivity index (χ1n) is 3.58. The molecule has 0 fully saturated rings. The summed E-state index contributed by atoms with van der Waals surface area (Å²) >= 11 is 0. The van der Waals surface area contributed by atoms with E-state index in [9.17, 15) is 0 Å². The number of nitrogens with two attached hydrogens (primary N) is 1. The number of hydrogen-bond donors (Lipinski definition) is 2. The first kappa shape index (κ1) is 7.53. The summed E-state index contributed by atoms with van der Waals surface area (Å²) < 4.78 is 1.73. The van der Waals surface area contributed by atoms with E-state index in [1.807, 2.05) is 0 Å². The largest absolute Gasteiger partial charge is 0.409 e. The van der Waals surface area contributed by atoms with E-state index in [4.69, 9.17) is 10.9 Å². The molecule has 2 heterocycles. The van der Waals surface area contributed by atoms with Crippen LogP contribution in [0.2, 0.25) is 0 Å². The van der Waals surface area contributed by atoms with Gasteiger partial charge in [0.1, 0.15) is 6.33 Å². The van der Waals surface area contributed by atoms with Crippen LogP contribution in [0.5, 0.6) is 0 Å². The normalized spacial score (nSPS) is 12.2. The van der Waals surface area contributed by atoms with E-state index < -0.39 is 0 Å². The minimum atomic E-state index is 0.0606. The second-order valence-corrected chi connectivity index (χ2v) is 2.50. The molecule has 0 saturated carbocycles. The molecule has 6 nitrogen and oxygen atoms in total. The van der Waals surface area contributed by atoms with Gasteiger partial charge >= 0.3 is 0 Å². The Hall–Kier alpha value is -2.11. The van der Waals surface area contributed by atoms with Gasteiger partial charge in [0.05, 0.1) is 0 Å². The first-order valence-corrected chi connectivity index (χ1v) is 3.58. The zero-order chi connectivity index (χ0) is 9.26. The van der Waals surface area contributed by atoms with Gasteiger partial charge in [-0.15, -0.1) is 10.2 Å². The standard InChI is InChI=1S/C7H7N5O/c8-7(11-13)5-1-2-12-4-9-10-6(12)3-5/h1-4,13H,(H2,8,11). The van der Waals surface area contributed by atoms with E-state index in [1.54, 1.807) is 29.1 Å². The molecular weight excluding hydrogens is 170 g/mol. The summed E-state index contributed by atoms with van der Waals surface area (Å²) in [5.74, 6) is 0.0606. The van der Waals surface area contributed by atoms with Gasteiger partial charge in [-0.3, -0.25) is 4.40 Å². The molecule has 0 unspecified atom stereocenters. The molecule has 0 saturated heterocycles. The van der Waals surface area contributed by atoms with Crippen LogP contribution in [-0.4, -0.2) is 25.6 Å². The number of fused-ring (bicyclic) bond motifs is 1. The Bertz CT molecular complexity index is 461. The van der Waals surface area contributed by atoms with Crippen molar-refractivity contribution < 1.29 is 5.21 Å². The Labute approximate surface area is 73.3 Å². The summed E-state index contributed by atoms with van der Waals surface area (Å²) in [5.41, 5.74) is 6.67. The molecule has 0 radical (unpaired) electrons. The number of rotatable bonds is 1. The summed E-state index contributed by atoms with van der Waals surface area (Å²) in [6.45, 7) is 0. The van der Waals surface area contributed by atoms with E-state index in [1.165, 1.54) is 0 Å². The van der Waals surface area contributed by atoms with Crippen LogP contribution in [-0.2, 0) is 0 Å². The quantitative estimate of drug-likeness (QED) is 0.274. The van der Waals surface area contributed by atoms with E-state index >= 15 is 0 Å². The van der Waals surface area contributed by atoms with Gasteiger partial charge in [0.2, 0.25) is 0 Å². The maximum Gasteiger partial charge on any atom is 0.170 e.